The summed E-state index contributed by atoms with van der Waals surface area (Å²) in [4.78, 5) is 23.2. The van der Waals surface area contributed by atoms with E-state index in [0.29, 0.717) is 0 Å². The molecule has 0 bridgehead atoms. The van der Waals surface area contributed by atoms with Gasteiger partial charge >= 0.3 is 5.97 Å². The maximum Gasteiger partial charge on any atom is 0.326 e. The number of carboxylic acids is 1. The fourth-order valence-corrected chi connectivity index (χ4v) is 0.785. The number of carbonyl (C=O) groups is 2. The van der Waals surface area contributed by atoms with Gasteiger partial charge in [-0.25, -0.2) is 4.79 Å². The van der Waals surface area contributed by atoms with Crippen LogP contribution in [0.15, 0.2) is 0 Å². The molecule has 0 heterocycles. The van der Waals surface area contributed by atoms with Gasteiger partial charge in [-0.05, 0) is 20.9 Å². The fourth-order valence-electron chi connectivity index (χ4n) is 0.785. The van der Waals surface area contributed by atoms with Gasteiger partial charge < -0.3 is 15.3 Å². The SMILES string of the molecule is CNC(C)C(=O)N(C)C(C)C(=O)O. The molecule has 0 aromatic rings. The van der Waals surface area contributed by atoms with Crippen molar-refractivity contribution in [2.24, 2.45) is 0 Å². The number of carboxylic acid groups (broad SMARTS) is 1. The lowest BCUT2D eigenvalue weighted by Gasteiger charge is -2.24. The molecule has 76 valence electrons. The third-order valence-corrected chi connectivity index (χ3v) is 2.09. The standard InChI is InChI=1S/C8H16N2O3/c1-5(9-3)7(11)10(4)6(2)8(12)13/h5-6,9H,1-4H3,(H,12,13). The number of nitrogens with one attached hydrogen (secondary N) is 1. The van der Waals surface area contributed by atoms with Crippen LogP contribution in [0.2, 0.25) is 0 Å². The Kier molecular flexibility index (Phi) is 4.40. The van der Waals surface area contributed by atoms with Gasteiger partial charge in [-0.1, -0.05) is 0 Å². The summed E-state index contributed by atoms with van der Waals surface area (Å²) in [5.74, 6) is -1.23. The highest BCUT2D eigenvalue weighted by Gasteiger charge is 2.24. The Balaban J connectivity index is 4.33. The highest BCUT2D eigenvalue weighted by atomic mass is 16.4. The predicted octanol–water partition coefficient (Wildman–Crippen LogP) is -0.474. The Hall–Kier alpha value is -1.10. The molecule has 0 spiro atoms. The third-order valence-electron chi connectivity index (χ3n) is 2.09. The first-order valence-corrected chi connectivity index (χ1v) is 4.08. The van der Waals surface area contributed by atoms with Crippen LogP contribution in [-0.2, 0) is 9.59 Å². The van der Waals surface area contributed by atoms with Crippen LogP contribution in [0, 0.1) is 0 Å². The molecule has 13 heavy (non-hydrogen) atoms. The summed E-state index contributed by atoms with van der Waals surface area (Å²) in [7, 11) is 3.14. The molecule has 0 aromatic heterocycles. The lowest BCUT2D eigenvalue weighted by molar-refractivity contribution is -0.148. The molecule has 0 fully saturated rings. The van der Waals surface area contributed by atoms with Crippen LogP contribution < -0.4 is 5.32 Å². The van der Waals surface area contributed by atoms with Crippen LogP contribution in [0.5, 0.6) is 0 Å². The summed E-state index contributed by atoms with van der Waals surface area (Å²) in [6, 6.07) is -1.14. The second kappa shape index (κ2) is 4.81. The number of hydrogen-bond donors (Lipinski definition) is 2. The third kappa shape index (κ3) is 3.02. The van der Waals surface area contributed by atoms with Gasteiger partial charge in [0, 0.05) is 7.05 Å². The minimum absolute atomic E-state index is 0.225. The summed E-state index contributed by atoms with van der Waals surface area (Å²) < 4.78 is 0. The zero-order valence-corrected chi connectivity index (χ0v) is 8.37. The maximum atomic E-state index is 11.4. The Bertz CT molecular complexity index is 206. The molecule has 2 atom stereocenters. The van der Waals surface area contributed by atoms with Crippen molar-refractivity contribution in [2.45, 2.75) is 25.9 Å². The minimum Gasteiger partial charge on any atom is -0.480 e. The molecule has 5 nitrogen and oxygen atoms in total. The van der Waals surface area contributed by atoms with Crippen LogP contribution in [0.25, 0.3) is 0 Å². The first kappa shape index (κ1) is 11.9. The number of carbonyl (C=O) groups excluding carboxylic acids is 1. The van der Waals surface area contributed by atoms with E-state index < -0.39 is 12.0 Å². The fraction of sp³-hybridized carbons (Fsp3) is 0.750. The van der Waals surface area contributed by atoms with E-state index in [1.165, 1.54) is 18.9 Å². The van der Waals surface area contributed by atoms with E-state index in [-0.39, 0.29) is 11.9 Å². The van der Waals surface area contributed by atoms with Crippen molar-refractivity contribution >= 4 is 11.9 Å². The van der Waals surface area contributed by atoms with Crippen LogP contribution in [0.3, 0.4) is 0 Å². The number of rotatable bonds is 4. The van der Waals surface area contributed by atoms with Gasteiger partial charge in [-0.2, -0.15) is 0 Å². The van der Waals surface area contributed by atoms with E-state index in [2.05, 4.69) is 5.32 Å². The molecule has 0 saturated heterocycles. The monoisotopic (exact) mass is 188 g/mol. The molecule has 0 aromatic carbocycles. The summed E-state index contributed by atoms with van der Waals surface area (Å²) in [6.45, 7) is 3.16. The molecule has 0 aliphatic carbocycles. The summed E-state index contributed by atoms with van der Waals surface area (Å²) >= 11 is 0. The Labute approximate surface area is 77.7 Å². The van der Waals surface area contributed by atoms with Gasteiger partial charge in [0.15, 0.2) is 0 Å². The summed E-state index contributed by atoms with van der Waals surface area (Å²) in [6.07, 6.45) is 0. The van der Waals surface area contributed by atoms with E-state index in [1.54, 1.807) is 14.0 Å². The van der Waals surface area contributed by atoms with Crippen LogP contribution in [-0.4, -0.2) is 48.1 Å². The van der Waals surface area contributed by atoms with Crippen molar-refractivity contribution in [3.63, 3.8) is 0 Å². The first-order valence-electron chi connectivity index (χ1n) is 4.08. The van der Waals surface area contributed by atoms with Crippen LogP contribution >= 0.6 is 0 Å². The quantitative estimate of drug-likeness (QED) is 0.625. The molecule has 2 N–H and O–H groups in total. The molecule has 0 saturated carbocycles. The van der Waals surface area contributed by atoms with E-state index in [1.807, 2.05) is 0 Å². The number of likely N-dealkylation sites (N-methyl/N-ethyl adjacent to an activating group) is 2. The molecule has 5 heteroatoms. The van der Waals surface area contributed by atoms with Crippen molar-refractivity contribution in [1.29, 1.82) is 0 Å². The highest BCUT2D eigenvalue weighted by molar-refractivity contribution is 5.86. The topological polar surface area (TPSA) is 69.6 Å². The van der Waals surface area contributed by atoms with Gasteiger partial charge in [-0.3, -0.25) is 4.79 Å². The second-order valence-electron chi connectivity index (χ2n) is 2.97. The molecule has 0 rings (SSSR count). The minimum atomic E-state index is -1.00. The zero-order valence-electron chi connectivity index (χ0n) is 8.37. The van der Waals surface area contributed by atoms with Crippen molar-refractivity contribution in [1.82, 2.24) is 10.2 Å². The molecule has 0 radical (unpaired) electrons. The molecule has 0 aliphatic heterocycles. The summed E-state index contributed by atoms with van der Waals surface area (Å²) in [5.41, 5.74) is 0. The van der Waals surface area contributed by atoms with E-state index in [4.69, 9.17) is 5.11 Å². The van der Waals surface area contributed by atoms with Crippen molar-refractivity contribution in [2.75, 3.05) is 14.1 Å². The number of nitrogens with zero attached hydrogens (tertiary/aromatic N) is 1. The number of amides is 1. The normalized spacial score (nSPS) is 14.8. The van der Waals surface area contributed by atoms with Crippen molar-refractivity contribution < 1.29 is 14.7 Å². The molecular weight excluding hydrogens is 172 g/mol. The Morgan fingerprint density at radius 2 is 1.85 bits per heavy atom. The zero-order chi connectivity index (χ0) is 10.6. The Morgan fingerprint density at radius 3 is 2.15 bits per heavy atom. The van der Waals surface area contributed by atoms with E-state index >= 15 is 0 Å². The lowest BCUT2D eigenvalue weighted by atomic mass is 10.2. The van der Waals surface area contributed by atoms with Crippen molar-refractivity contribution in [3.8, 4) is 0 Å². The van der Waals surface area contributed by atoms with E-state index in [0.717, 1.165) is 0 Å². The second-order valence-corrected chi connectivity index (χ2v) is 2.97. The van der Waals surface area contributed by atoms with Crippen molar-refractivity contribution in [3.05, 3.63) is 0 Å². The van der Waals surface area contributed by atoms with Crippen LogP contribution in [0.4, 0.5) is 0 Å². The van der Waals surface area contributed by atoms with E-state index in [9.17, 15) is 9.59 Å². The maximum absolute atomic E-state index is 11.4. The first-order chi connectivity index (χ1) is 5.91. The highest BCUT2D eigenvalue weighted by Crippen LogP contribution is 1.99. The van der Waals surface area contributed by atoms with Gasteiger partial charge in [-0.15, -0.1) is 0 Å². The lowest BCUT2D eigenvalue weighted by Crippen LogP contribution is -2.47. The average Bonchev–Trinajstić information content (AvgIpc) is 2.12. The number of aliphatic carboxylic acids is 1. The smallest absolute Gasteiger partial charge is 0.326 e. The van der Waals surface area contributed by atoms with Gasteiger partial charge in [0.1, 0.15) is 6.04 Å². The molecule has 1 amide bonds. The summed E-state index contributed by atoms with van der Waals surface area (Å²) in [5, 5.41) is 11.4. The average molecular weight is 188 g/mol. The van der Waals surface area contributed by atoms with Gasteiger partial charge in [0.05, 0.1) is 6.04 Å². The Morgan fingerprint density at radius 1 is 1.38 bits per heavy atom. The predicted molar refractivity (Wildman–Crippen MR) is 48.4 cm³/mol. The number of hydrogen-bond acceptors (Lipinski definition) is 3. The molecule has 2 unspecified atom stereocenters. The molecular formula is C8H16N2O3. The largest absolute Gasteiger partial charge is 0.480 e. The van der Waals surface area contributed by atoms with Gasteiger partial charge in [0.25, 0.3) is 0 Å². The molecule has 0 aliphatic rings. The van der Waals surface area contributed by atoms with Gasteiger partial charge in [0.2, 0.25) is 5.91 Å². The van der Waals surface area contributed by atoms with Crippen LogP contribution in [0.1, 0.15) is 13.8 Å².